The average molecular weight is 481 g/mol. The summed E-state index contributed by atoms with van der Waals surface area (Å²) in [4.78, 5) is 20.2. The summed E-state index contributed by atoms with van der Waals surface area (Å²) >= 11 is 0. The number of amides is 1. The van der Waals surface area contributed by atoms with Crippen LogP contribution in [0.5, 0.6) is 11.5 Å². The first-order valence-electron chi connectivity index (χ1n) is 12.8. The van der Waals surface area contributed by atoms with Crippen LogP contribution in [0.25, 0.3) is 0 Å². The number of piperidine rings is 3. The minimum Gasteiger partial charge on any atom is -0.454 e. The molecule has 2 aromatic rings. The van der Waals surface area contributed by atoms with Crippen molar-refractivity contribution in [3.63, 3.8) is 0 Å². The second-order valence-electron chi connectivity index (χ2n) is 10.2. The van der Waals surface area contributed by atoms with Crippen molar-refractivity contribution in [1.29, 1.82) is 0 Å². The average Bonchev–Trinajstić information content (AvgIpc) is 3.37. The lowest BCUT2D eigenvalue weighted by atomic mass is 9.75. The van der Waals surface area contributed by atoms with Gasteiger partial charge in [-0.1, -0.05) is 0 Å². The van der Waals surface area contributed by atoms with Gasteiger partial charge in [0.05, 0.1) is 0 Å². The van der Waals surface area contributed by atoms with E-state index in [2.05, 4.69) is 20.0 Å². The SMILES string of the molecule is O=C(NC[C@H]1C[C@@H]2CCN1C[C@@H]2CN1CCN(c2ccc(F)cc2)CC1)c1ccc2c(c1)OCO2. The third-order valence-electron chi connectivity index (χ3n) is 8.20. The molecule has 186 valence electrons. The summed E-state index contributed by atoms with van der Waals surface area (Å²) < 4.78 is 24.0. The highest BCUT2D eigenvalue weighted by Crippen LogP contribution is 2.37. The molecule has 4 saturated heterocycles. The monoisotopic (exact) mass is 480 g/mol. The molecular formula is C27H33FN4O3. The number of ether oxygens (including phenoxy) is 2. The predicted octanol–water partition coefficient (Wildman–Crippen LogP) is 2.82. The van der Waals surface area contributed by atoms with Gasteiger partial charge in [-0.2, -0.15) is 0 Å². The quantitative estimate of drug-likeness (QED) is 0.686. The molecule has 7 nitrogen and oxygen atoms in total. The van der Waals surface area contributed by atoms with Gasteiger partial charge in [-0.15, -0.1) is 0 Å². The van der Waals surface area contributed by atoms with Gasteiger partial charge < -0.3 is 19.7 Å². The summed E-state index contributed by atoms with van der Waals surface area (Å²) in [5, 5.41) is 3.15. The summed E-state index contributed by atoms with van der Waals surface area (Å²) in [7, 11) is 0. The molecule has 0 aliphatic carbocycles. The molecule has 2 bridgehead atoms. The molecule has 0 spiro atoms. The Balaban J connectivity index is 0.974. The van der Waals surface area contributed by atoms with E-state index >= 15 is 0 Å². The van der Waals surface area contributed by atoms with Crippen LogP contribution in [0.1, 0.15) is 23.2 Å². The van der Waals surface area contributed by atoms with E-state index in [0.717, 1.165) is 63.8 Å². The minimum absolute atomic E-state index is 0.0541. The maximum atomic E-state index is 13.2. The number of halogens is 1. The second kappa shape index (κ2) is 9.66. The molecule has 1 unspecified atom stereocenters. The van der Waals surface area contributed by atoms with E-state index in [1.165, 1.54) is 6.42 Å². The van der Waals surface area contributed by atoms with Crippen molar-refractivity contribution in [3.05, 3.63) is 53.8 Å². The molecule has 0 aromatic heterocycles. The fourth-order valence-electron chi connectivity index (χ4n) is 6.19. The maximum Gasteiger partial charge on any atom is 0.251 e. The molecule has 1 N–H and O–H groups in total. The van der Waals surface area contributed by atoms with Crippen LogP contribution in [-0.4, -0.2) is 80.9 Å². The number of anilines is 1. The zero-order valence-corrected chi connectivity index (χ0v) is 20.0. The summed E-state index contributed by atoms with van der Waals surface area (Å²) in [5.74, 6) is 2.52. The summed E-state index contributed by atoms with van der Waals surface area (Å²) in [6, 6.07) is 12.6. The predicted molar refractivity (Wildman–Crippen MR) is 132 cm³/mol. The standard InChI is InChI=1S/C27H33FN4O3/c28-22-2-4-23(5-3-22)31-11-9-30(10-12-31)16-21-17-32-8-7-19(21)13-24(32)15-29-27(33)20-1-6-25-26(14-20)35-18-34-25/h1-6,14,19,21,24H,7-13,15-18H2,(H,29,33)/t19-,21-,24+/m0/s1. The van der Waals surface area contributed by atoms with E-state index in [9.17, 15) is 9.18 Å². The first kappa shape index (κ1) is 22.6. The van der Waals surface area contributed by atoms with E-state index in [1.807, 2.05) is 12.1 Å². The summed E-state index contributed by atoms with van der Waals surface area (Å²) in [5.41, 5.74) is 1.72. The zero-order chi connectivity index (χ0) is 23.8. The van der Waals surface area contributed by atoms with E-state index in [-0.39, 0.29) is 18.5 Å². The fourth-order valence-corrected chi connectivity index (χ4v) is 6.19. The Labute approximate surface area is 205 Å². The van der Waals surface area contributed by atoms with Gasteiger partial charge in [0, 0.05) is 63.1 Å². The van der Waals surface area contributed by atoms with Gasteiger partial charge in [0.1, 0.15) is 5.82 Å². The minimum atomic E-state index is -0.180. The van der Waals surface area contributed by atoms with Crippen LogP contribution in [-0.2, 0) is 0 Å². The molecule has 1 amide bonds. The van der Waals surface area contributed by atoms with Gasteiger partial charge in [-0.05, 0) is 73.7 Å². The molecule has 5 aliphatic heterocycles. The number of fused-ring (bicyclic) bond motifs is 4. The van der Waals surface area contributed by atoms with Gasteiger partial charge in [0.2, 0.25) is 6.79 Å². The lowest BCUT2D eigenvalue weighted by Crippen LogP contribution is -2.59. The van der Waals surface area contributed by atoms with E-state index in [1.54, 1.807) is 30.3 Å². The van der Waals surface area contributed by atoms with Crippen LogP contribution in [0, 0.1) is 17.7 Å². The highest BCUT2D eigenvalue weighted by Gasteiger charge is 2.40. The van der Waals surface area contributed by atoms with Gasteiger partial charge in [-0.3, -0.25) is 14.6 Å². The summed E-state index contributed by atoms with van der Waals surface area (Å²) in [6.45, 7) is 8.37. The molecule has 5 aliphatic rings. The highest BCUT2D eigenvalue weighted by atomic mass is 19.1. The molecule has 7 rings (SSSR count). The molecule has 2 aromatic carbocycles. The van der Waals surface area contributed by atoms with Crippen LogP contribution in [0.2, 0.25) is 0 Å². The second-order valence-corrected chi connectivity index (χ2v) is 10.2. The molecule has 5 heterocycles. The Bertz CT molecular complexity index is 1060. The van der Waals surface area contributed by atoms with Gasteiger partial charge in [0.15, 0.2) is 11.5 Å². The van der Waals surface area contributed by atoms with Crippen molar-refractivity contribution in [1.82, 2.24) is 15.1 Å². The van der Waals surface area contributed by atoms with Crippen molar-refractivity contribution in [2.45, 2.75) is 18.9 Å². The number of hydrogen-bond acceptors (Lipinski definition) is 6. The molecule has 35 heavy (non-hydrogen) atoms. The third-order valence-corrected chi connectivity index (χ3v) is 8.20. The Hall–Kier alpha value is -2.84. The van der Waals surface area contributed by atoms with Crippen LogP contribution < -0.4 is 19.7 Å². The van der Waals surface area contributed by atoms with E-state index in [4.69, 9.17) is 9.47 Å². The fraction of sp³-hybridized carbons (Fsp3) is 0.519. The molecule has 4 atom stereocenters. The highest BCUT2D eigenvalue weighted by molar-refractivity contribution is 5.94. The molecule has 0 saturated carbocycles. The number of carbonyl (C=O) groups is 1. The largest absolute Gasteiger partial charge is 0.454 e. The number of rotatable bonds is 6. The van der Waals surface area contributed by atoms with E-state index < -0.39 is 0 Å². The number of carbonyl (C=O) groups excluding carboxylic acids is 1. The van der Waals surface area contributed by atoms with Crippen molar-refractivity contribution in [2.24, 2.45) is 11.8 Å². The molecular weight excluding hydrogens is 447 g/mol. The first-order chi connectivity index (χ1) is 17.1. The number of benzene rings is 2. The van der Waals surface area contributed by atoms with Crippen LogP contribution >= 0.6 is 0 Å². The topological polar surface area (TPSA) is 57.3 Å². The number of piperazine rings is 1. The maximum absolute atomic E-state index is 13.2. The molecule has 4 fully saturated rings. The number of nitrogens with one attached hydrogen (secondary N) is 1. The normalized spacial score (nSPS) is 27.7. The van der Waals surface area contributed by atoms with Gasteiger partial charge in [0.25, 0.3) is 5.91 Å². The van der Waals surface area contributed by atoms with Gasteiger partial charge in [-0.25, -0.2) is 4.39 Å². The van der Waals surface area contributed by atoms with Crippen molar-refractivity contribution in [2.75, 3.05) is 64.1 Å². The Kier molecular flexibility index (Phi) is 6.24. The van der Waals surface area contributed by atoms with Crippen LogP contribution in [0.4, 0.5) is 10.1 Å². The smallest absolute Gasteiger partial charge is 0.251 e. The van der Waals surface area contributed by atoms with Crippen molar-refractivity contribution in [3.8, 4) is 11.5 Å². The van der Waals surface area contributed by atoms with Crippen molar-refractivity contribution >= 4 is 11.6 Å². The zero-order valence-electron chi connectivity index (χ0n) is 20.0. The number of hydrogen-bond donors (Lipinski definition) is 1. The van der Waals surface area contributed by atoms with Crippen molar-refractivity contribution < 1.29 is 18.7 Å². The summed E-state index contributed by atoms with van der Waals surface area (Å²) in [6.07, 6.45) is 2.41. The Morgan fingerprint density at radius 3 is 2.57 bits per heavy atom. The lowest BCUT2D eigenvalue weighted by Gasteiger charge is -2.51. The molecule has 8 heteroatoms. The number of nitrogens with zero attached hydrogens (tertiary/aromatic N) is 3. The van der Waals surface area contributed by atoms with Crippen LogP contribution in [0.15, 0.2) is 42.5 Å². The van der Waals surface area contributed by atoms with Gasteiger partial charge >= 0.3 is 0 Å². The van der Waals surface area contributed by atoms with E-state index in [0.29, 0.717) is 35.6 Å². The lowest BCUT2D eigenvalue weighted by molar-refractivity contribution is -0.0120. The third kappa shape index (κ3) is 4.82. The molecule has 0 radical (unpaired) electrons. The Morgan fingerprint density at radius 2 is 1.80 bits per heavy atom. The Morgan fingerprint density at radius 1 is 1.00 bits per heavy atom. The first-order valence-corrected chi connectivity index (χ1v) is 12.8. The van der Waals surface area contributed by atoms with Crippen LogP contribution in [0.3, 0.4) is 0 Å².